The lowest BCUT2D eigenvalue weighted by Gasteiger charge is -2.06. The molecule has 0 unspecified atom stereocenters. The maximum absolute atomic E-state index is 2.35. The minimum absolute atomic E-state index is 1.26. The lowest BCUT2D eigenvalue weighted by atomic mass is 10.00. The highest BCUT2D eigenvalue weighted by molar-refractivity contribution is 14.1. The highest BCUT2D eigenvalue weighted by atomic mass is 127. The highest BCUT2D eigenvalue weighted by Crippen LogP contribution is 2.25. The number of benzene rings is 3. The van der Waals surface area contributed by atoms with Gasteiger partial charge in [-0.3, -0.25) is 0 Å². The molecule has 3 aromatic carbocycles. The van der Waals surface area contributed by atoms with E-state index in [0.717, 1.165) is 0 Å². The number of hydrogen-bond donors (Lipinski definition) is 0. The number of aryl methyl sites for hydroxylation is 1. The molecule has 0 saturated heterocycles. The Labute approximate surface area is 133 Å². The molecule has 0 radical (unpaired) electrons. The fourth-order valence-electron chi connectivity index (χ4n) is 2.27. The maximum Gasteiger partial charge on any atom is 0.0136 e. The molecule has 0 atom stereocenters. The van der Waals surface area contributed by atoms with Crippen LogP contribution in [0.3, 0.4) is 0 Å². The van der Waals surface area contributed by atoms with E-state index in [1.807, 2.05) is 0 Å². The zero-order valence-electron chi connectivity index (χ0n) is 11.3. The summed E-state index contributed by atoms with van der Waals surface area (Å²) < 4.78 is 1.27. The van der Waals surface area contributed by atoms with Crippen molar-refractivity contribution in [2.24, 2.45) is 0 Å². The van der Waals surface area contributed by atoms with Crippen LogP contribution in [-0.2, 0) is 0 Å². The first-order valence-corrected chi connectivity index (χ1v) is 7.73. The molecular weight excluding hydrogens is 355 g/mol. The molecule has 20 heavy (non-hydrogen) atoms. The SMILES string of the molecule is Cc1ccc(-c2ccc(-c3cccc(I)c3)cc2)cc1. The van der Waals surface area contributed by atoms with Gasteiger partial charge in [-0.25, -0.2) is 0 Å². The van der Waals surface area contributed by atoms with Crippen LogP contribution in [-0.4, -0.2) is 0 Å². The van der Waals surface area contributed by atoms with Crippen molar-refractivity contribution in [2.75, 3.05) is 0 Å². The molecule has 1 heteroatoms. The molecular formula is C19H15I. The van der Waals surface area contributed by atoms with Crippen LogP contribution in [0.5, 0.6) is 0 Å². The maximum atomic E-state index is 2.35. The fourth-order valence-corrected chi connectivity index (χ4v) is 2.81. The average Bonchev–Trinajstić information content (AvgIpc) is 2.48. The van der Waals surface area contributed by atoms with Crippen LogP contribution in [0.25, 0.3) is 22.3 Å². The zero-order chi connectivity index (χ0) is 13.9. The van der Waals surface area contributed by atoms with Gasteiger partial charge in [0.25, 0.3) is 0 Å². The van der Waals surface area contributed by atoms with Gasteiger partial charge in [0.05, 0.1) is 0 Å². The Kier molecular flexibility index (Phi) is 3.88. The second kappa shape index (κ2) is 5.80. The first kappa shape index (κ1) is 13.4. The van der Waals surface area contributed by atoms with Crippen molar-refractivity contribution in [3.05, 3.63) is 81.9 Å². The minimum atomic E-state index is 1.26. The Hall–Kier alpha value is -1.61. The van der Waals surface area contributed by atoms with Crippen LogP contribution in [0.4, 0.5) is 0 Å². The van der Waals surface area contributed by atoms with Gasteiger partial charge in [0, 0.05) is 3.57 Å². The predicted molar refractivity (Wildman–Crippen MR) is 94.8 cm³/mol. The van der Waals surface area contributed by atoms with Crippen molar-refractivity contribution in [2.45, 2.75) is 6.92 Å². The largest absolute Gasteiger partial charge is 0.0606 e. The van der Waals surface area contributed by atoms with Crippen molar-refractivity contribution < 1.29 is 0 Å². The molecule has 0 fully saturated rings. The topological polar surface area (TPSA) is 0 Å². The van der Waals surface area contributed by atoms with E-state index in [1.54, 1.807) is 0 Å². The lowest BCUT2D eigenvalue weighted by molar-refractivity contribution is 1.47. The summed E-state index contributed by atoms with van der Waals surface area (Å²) in [5.74, 6) is 0. The van der Waals surface area contributed by atoms with Gasteiger partial charge in [-0.1, -0.05) is 66.2 Å². The quantitative estimate of drug-likeness (QED) is 0.490. The van der Waals surface area contributed by atoms with E-state index in [0.29, 0.717) is 0 Å². The van der Waals surface area contributed by atoms with Crippen molar-refractivity contribution in [3.8, 4) is 22.3 Å². The van der Waals surface area contributed by atoms with Crippen molar-refractivity contribution >= 4 is 22.6 Å². The Balaban J connectivity index is 1.93. The molecule has 0 heterocycles. The van der Waals surface area contributed by atoms with Gasteiger partial charge in [-0.05, 0) is 63.9 Å². The Bertz CT molecular complexity index is 710. The summed E-state index contributed by atoms with van der Waals surface area (Å²) in [7, 11) is 0. The summed E-state index contributed by atoms with van der Waals surface area (Å²) in [5.41, 5.74) is 6.36. The van der Waals surface area contributed by atoms with Crippen LogP contribution in [0.15, 0.2) is 72.8 Å². The molecule has 0 nitrogen and oxygen atoms in total. The Morgan fingerprint density at radius 1 is 0.600 bits per heavy atom. The van der Waals surface area contributed by atoms with Crippen LogP contribution >= 0.6 is 22.6 Å². The first-order valence-electron chi connectivity index (χ1n) is 6.65. The van der Waals surface area contributed by atoms with Crippen molar-refractivity contribution in [1.82, 2.24) is 0 Å². The van der Waals surface area contributed by atoms with Gasteiger partial charge >= 0.3 is 0 Å². The Morgan fingerprint density at radius 3 is 1.65 bits per heavy atom. The van der Waals surface area contributed by atoms with E-state index >= 15 is 0 Å². The van der Waals surface area contributed by atoms with Gasteiger partial charge < -0.3 is 0 Å². The van der Waals surface area contributed by atoms with Crippen LogP contribution in [0.1, 0.15) is 5.56 Å². The van der Waals surface area contributed by atoms with Gasteiger partial charge in [-0.15, -0.1) is 0 Å². The summed E-state index contributed by atoms with van der Waals surface area (Å²) in [5, 5.41) is 0. The second-order valence-corrected chi connectivity index (χ2v) is 6.20. The highest BCUT2D eigenvalue weighted by Gasteiger charge is 2.00. The van der Waals surface area contributed by atoms with E-state index in [2.05, 4.69) is 102 Å². The average molecular weight is 370 g/mol. The summed E-state index contributed by atoms with van der Waals surface area (Å²) in [4.78, 5) is 0. The molecule has 3 rings (SSSR count). The van der Waals surface area contributed by atoms with Crippen LogP contribution in [0.2, 0.25) is 0 Å². The molecule has 0 aromatic heterocycles. The number of hydrogen-bond acceptors (Lipinski definition) is 0. The molecule has 0 spiro atoms. The third-order valence-electron chi connectivity index (χ3n) is 3.43. The van der Waals surface area contributed by atoms with E-state index < -0.39 is 0 Å². The predicted octanol–water partition coefficient (Wildman–Crippen LogP) is 5.93. The van der Waals surface area contributed by atoms with E-state index in [-0.39, 0.29) is 0 Å². The first-order chi connectivity index (χ1) is 9.72. The van der Waals surface area contributed by atoms with Gasteiger partial charge in [0.2, 0.25) is 0 Å². The molecule has 0 aliphatic carbocycles. The standard InChI is InChI=1S/C19H15I/c1-14-5-7-15(8-6-14)16-9-11-17(12-10-16)18-3-2-4-19(20)13-18/h2-13H,1H3. The third kappa shape index (κ3) is 2.93. The normalized spacial score (nSPS) is 10.5. The second-order valence-electron chi connectivity index (χ2n) is 4.95. The molecule has 3 aromatic rings. The van der Waals surface area contributed by atoms with Gasteiger partial charge in [0.15, 0.2) is 0 Å². The summed E-state index contributed by atoms with van der Waals surface area (Å²) in [6.45, 7) is 2.11. The molecule has 0 amide bonds. The van der Waals surface area contributed by atoms with Gasteiger partial charge in [0.1, 0.15) is 0 Å². The molecule has 0 aliphatic heterocycles. The molecule has 98 valence electrons. The van der Waals surface area contributed by atoms with Crippen LogP contribution < -0.4 is 0 Å². The zero-order valence-corrected chi connectivity index (χ0v) is 13.5. The monoisotopic (exact) mass is 370 g/mol. The van der Waals surface area contributed by atoms with Gasteiger partial charge in [-0.2, -0.15) is 0 Å². The molecule has 0 N–H and O–H groups in total. The number of halogens is 1. The summed E-state index contributed by atoms with van der Waals surface area (Å²) >= 11 is 2.35. The Morgan fingerprint density at radius 2 is 1.10 bits per heavy atom. The number of rotatable bonds is 2. The molecule has 0 saturated carbocycles. The smallest absolute Gasteiger partial charge is 0.0136 e. The van der Waals surface area contributed by atoms with Crippen LogP contribution in [0, 0.1) is 10.5 Å². The van der Waals surface area contributed by atoms with E-state index in [9.17, 15) is 0 Å². The third-order valence-corrected chi connectivity index (χ3v) is 4.10. The van der Waals surface area contributed by atoms with E-state index in [1.165, 1.54) is 31.4 Å². The van der Waals surface area contributed by atoms with E-state index in [4.69, 9.17) is 0 Å². The minimum Gasteiger partial charge on any atom is -0.0606 e. The lowest BCUT2D eigenvalue weighted by Crippen LogP contribution is -1.81. The summed E-state index contributed by atoms with van der Waals surface area (Å²) in [6.07, 6.45) is 0. The molecule has 0 aliphatic rings. The van der Waals surface area contributed by atoms with Crippen molar-refractivity contribution in [3.63, 3.8) is 0 Å². The van der Waals surface area contributed by atoms with Crippen molar-refractivity contribution in [1.29, 1.82) is 0 Å². The summed E-state index contributed by atoms with van der Waals surface area (Å²) in [6, 6.07) is 26.0. The fraction of sp³-hybridized carbons (Fsp3) is 0.0526. The molecule has 0 bridgehead atoms.